The van der Waals surface area contributed by atoms with Crippen LogP contribution >= 0.6 is 27.3 Å². The quantitative estimate of drug-likeness (QED) is 0.680. The first-order valence-corrected chi connectivity index (χ1v) is 4.34. The number of alkyl halides is 1. The van der Waals surface area contributed by atoms with Crippen LogP contribution in [0, 0.1) is 0 Å². The Hall–Kier alpha value is 0.110. The summed E-state index contributed by atoms with van der Waals surface area (Å²) in [5, 5.41) is -1.42. The van der Waals surface area contributed by atoms with E-state index in [0.29, 0.717) is 4.88 Å². The summed E-state index contributed by atoms with van der Waals surface area (Å²) >= 11 is 4.31. The van der Waals surface area contributed by atoms with E-state index in [9.17, 15) is 0 Å². The third-order valence-electron chi connectivity index (χ3n) is 1.06. The maximum absolute atomic E-state index is 7.39. The third-order valence-corrected chi connectivity index (χ3v) is 2.51. The van der Waals surface area contributed by atoms with Crippen molar-refractivity contribution >= 4 is 27.3 Å². The molecule has 0 radical (unpaired) electrons. The highest BCUT2D eigenvalue weighted by molar-refractivity contribution is 9.08. The molecule has 0 aliphatic carbocycles. The monoisotopic (exact) mass is 207 g/mol. The normalized spacial score (nSPS) is 14.9. The van der Waals surface area contributed by atoms with Gasteiger partial charge in [0.1, 0.15) is 0 Å². The average molecular weight is 208 g/mol. The van der Waals surface area contributed by atoms with Crippen LogP contribution in [0.15, 0.2) is 5.51 Å². The van der Waals surface area contributed by atoms with Gasteiger partial charge in [0.15, 0.2) is 0 Å². The van der Waals surface area contributed by atoms with E-state index in [4.69, 9.17) is 2.74 Å². The fraction of sp³-hybridized carbons (Fsp3) is 0.500. The van der Waals surface area contributed by atoms with Crippen molar-refractivity contribution in [2.45, 2.75) is 18.6 Å². The molecule has 0 atom stereocenters. The molecule has 0 fully saturated rings. The average Bonchev–Trinajstić information content (AvgIpc) is 2.31. The summed E-state index contributed by atoms with van der Waals surface area (Å²) in [5.41, 5.74) is 2.52. The van der Waals surface area contributed by atoms with Gasteiger partial charge in [-0.15, -0.1) is 11.3 Å². The van der Waals surface area contributed by atoms with Gasteiger partial charge < -0.3 is 0 Å². The Morgan fingerprint density at radius 2 is 2.78 bits per heavy atom. The zero-order valence-corrected chi connectivity index (χ0v) is 7.42. The molecule has 1 rings (SSSR count). The minimum Gasteiger partial charge on any atom is -0.249 e. The Labute approximate surface area is 70.1 Å². The predicted molar refractivity (Wildman–Crippen MR) is 44.1 cm³/mol. The summed E-state index contributed by atoms with van der Waals surface area (Å²) in [7, 11) is 0. The maximum Gasteiger partial charge on any atom is 0.0797 e. The van der Waals surface area contributed by atoms with Crippen molar-refractivity contribution in [1.29, 1.82) is 0 Å². The molecule has 0 bridgehead atoms. The van der Waals surface area contributed by atoms with Gasteiger partial charge in [0.2, 0.25) is 0 Å². The van der Waals surface area contributed by atoms with Crippen LogP contribution in [0.2, 0.25) is 0 Å². The van der Waals surface area contributed by atoms with Gasteiger partial charge in [-0.3, -0.25) is 0 Å². The number of halogens is 1. The number of nitrogens with zero attached hydrogens (tertiary/aromatic N) is 1. The number of aromatic nitrogens is 1. The van der Waals surface area contributed by atoms with Gasteiger partial charge >= 0.3 is 0 Å². The number of rotatable bonds is 2. The Kier molecular flexibility index (Phi) is 1.79. The van der Waals surface area contributed by atoms with Crippen LogP contribution in [0.5, 0.6) is 0 Å². The molecule has 0 unspecified atom stereocenters. The second-order valence-corrected chi connectivity index (χ2v) is 2.83. The first-order chi connectivity index (χ1) is 5.05. The van der Waals surface area contributed by atoms with Gasteiger partial charge in [0.05, 0.1) is 11.2 Å². The van der Waals surface area contributed by atoms with E-state index in [0.717, 1.165) is 12.1 Å². The van der Waals surface area contributed by atoms with E-state index >= 15 is 0 Å². The Balaban J connectivity index is 3.02. The summed E-state index contributed by atoms with van der Waals surface area (Å²) in [5.74, 6) is 0. The van der Waals surface area contributed by atoms with Crippen molar-refractivity contribution in [1.82, 2.24) is 4.98 Å². The molecule has 0 aliphatic heterocycles. The van der Waals surface area contributed by atoms with Crippen molar-refractivity contribution in [3.05, 3.63) is 16.1 Å². The zero-order chi connectivity index (χ0) is 8.48. The molecule has 0 saturated heterocycles. The van der Waals surface area contributed by atoms with Crippen LogP contribution in [0.3, 0.4) is 0 Å². The van der Waals surface area contributed by atoms with Gasteiger partial charge in [-0.25, -0.2) is 4.98 Å². The van der Waals surface area contributed by atoms with Crippen LogP contribution < -0.4 is 0 Å². The van der Waals surface area contributed by atoms with Crippen molar-refractivity contribution in [2.75, 3.05) is 0 Å². The minimum atomic E-state index is -1.42. The van der Waals surface area contributed by atoms with Gasteiger partial charge in [0, 0.05) is 12.9 Å². The standard InChI is InChI=1S/C6H8BrNS/c1-2-5-6(3-7)9-4-8-5/h4H,2-3H2,1H3/i3D2. The first kappa shape index (κ1) is 4.85. The smallest absolute Gasteiger partial charge is 0.0797 e. The van der Waals surface area contributed by atoms with Gasteiger partial charge in [0.25, 0.3) is 0 Å². The SMILES string of the molecule is [2H]C([2H])(Br)c1scnc1CC. The topological polar surface area (TPSA) is 12.9 Å². The summed E-state index contributed by atoms with van der Waals surface area (Å²) in [4.78, 5) is 4.73. The van der Waals surface area contributed by atoms with E-state index in [1.54, 1.807) is 5.51 Å². The Morgan fingerprint density at radius 3 is 3.22 bits per heavy atom. The fourth-order valence-electron chi connectivity index (χ4n) is 0.598. The molecule has 1 nitrogen and oxygen atoms in total. The Morgan fingerprint density at radius 1 is 2.00 bits per heavy atom. The molecule has 0 aromatic carbocycles. The molecule has 9 heavy (non-hydrogen) atoms. The first-order valence-electron chi connectivity index (χ1n) is 3.67. The summed E-state index contributed by atoms with van der Waals surface area (Å²) < 4.78 is 14.8. The van der Waals surface area contributed by atoms with Crippen molar-refractivity contribution in [2.24, 2.45) is 0 Å². The van der Waals surface area contributed by atoms with Crippen LogP contribution in [0.1, 0.15) is 20.2 Å². The zero-order valence-electron chi connectivity index (χ0n) is 7.02. The van der Waals surface area contributed by atoms with Gasteiger partial charge in [-0.2, -0.15) is 0 Å². The lowest BCUT2D eigenvalue weighted by molar-refractivity contribution is 1.04. The van der Waals surface area contributed by atoms with Gasteiger partial charge in [-0.1, -0.05) is 22.9 Å². The molecule has 1 aromatic rings. The van der Waals surface area contributed by atoms with Crippen molar-refractivity contribution in [3.63, 3.8) is 0 Å². The molecular formula is C6H8BrNS. The van der Waals surface area contributed by atoms with Gasteiger partial charge in [-0.05, 0) is 6.42 Å². The molecule has 3 heteroatoms. The number of thiazole rings is 1. The number of hydrogen-bond donors (Lipinski definition) is 0. The Bertz CT molecular complexity index is 243. The van der Waals surface area contributed by atoms with E-state index in [-0.39, 0.29) is 0 Å². The summed E-state index contributed by atoms with van der Waals surface area (Å²) in [6, 6.07) is 0. The second kappa shape index (κ2) is 3.32. The summed E-state index contributed by atoms with van der Waals surface area (Å²) in [6.45, 7) is 1.97. The number of aryl methyl sites for hydroxylation is 1. The molecule has 1 heterocycles. The lowest BCUT2D eigenvalue weighted by Gasteiger charge is -1.90. The predicted octanol–water partition coefficient (Wildman–Crippen LogP) is 2.60. The fourth-order valence-corrected chi connectivity index (χ4v) is 1.77. The lowest BCUT2D eigenvalue weighted by atomic mass is 10.3. The van der Waals surface area contributed by atoms with Crippen LogP contribution in [0.25, 0.3) is 0 Å². The van der Waals surface area contributed by atoms with Crippen LogP contribution in [0.4, 0.5) is 0 Å². The summed E-state index contributed by atoms with van der Waals surface area (Å²) in [6.07, 6.45) is 0.782. The molecule has 0 spiro atoms. The molecule has 0 aliphatic rings. The largest absolute Gasteiger partial charge is 0.249 e. The minimum absolute atomic E-state index is 0.681. The molecule has 1 aromatic heterocycles. The van der Waals surface area contributed by atoms with E-state index in [2.05, 4.69) is 20.9 Å². The molecule has 0 amide bonds. The highest BCUT2D eigenvalue weighted by atomic mass is 79.9. The van der Waals surface area contributed by atoms with Crippen molar-refractivity contribution in [3.8, 4) is 0 Å². The highest BCUT2D eigenvalue weighted by Crippen LogP contribution is 2.16. The molecule has 0 N–H and O–H groups in total. The van der Waals surface area contributed by atoms with E-state index in [1.807, 2.05) is 6.92 Å². The third kappa shape index (κ3) is 1.52. The molecule has 50 valence electrons. The van der Waals surface area contributed by atoms with E-state index < -0.39 is 5.28 Å². The van der Waals surface area contributed by atoms with Crippen LogP contribution in [-0.2, 0) is 11.7 Å². The van der Waals surface area contributed by atoms with Crippen molar-refractivity contribution < 1.29 is 2.74 Å². The lowest BCUT2D eigenvalue weighted by Crippen LogP contribution is -1.82. The number of hydrogen-bond acceptors (Lipinski definition) is 2. The highest BCUT2D eigenvalue weighted by Gasteiger charge is 1.99. The van der Waals surface area contributed by atoms with E-state index in [1.165, 1.54) is 11.3 Å². The molecular weight excluding hydrogens is 198 g/mol. The maximum atomic E-state index is 7.39. The molecule has 0 saturated carbocycles. The van der Waals surface area contributed by atoms with Crippen LogP contribution in [-0.4, -0.2) is 4.98 Å². The second-order valence-electron chi connectivity index (χ2n) is 1.58.